The van der Waals surface area contributed by atoms with Crippen molar-refractivity contribution in [1.82, 2.24) is 4.31 Å². The fourth-order valence-electron chi connectivity index (χ4n) is 3.93. The first-order chi connectivity index (χ1) is 12.9. The highest BCUT2D eigenvalue weighted by atomic mass is 32.2. The molecular formula is C21H23NO4S. The van der Waals surface area contributed by atoms with Gasteiger partial charge in [0.25, 0.3) is 0 Å². The summed E-state index contributed by atoms with van der Waals surface area (Å²) in [5.74, 6) is 0.714. The Balaban J connectivity index is 1.48. The topological polar surface area (TPSA) is 63.7 Å². The highest BCUT2D eigenvalue weighted by molar-refractivity contribution is 7.88. The Morgan fingerprint density at radius 3 is 2.48 bits per heavy atom. The van der Waals surface area contributed by atoms with E-state index < -0.39 is 15.6 Å². The van der Waals surface area contributed by atoms with Gasteiger partial charge in [-0.25, -0.2) is 12.7 Å². The van der Waals surface area contributed by atoms with E-state index in [1.54, 1.807) is 0 Å². The summed E-state index contributed by atoms with van der Waals surface area (Å²) >= 11 is 0. The largest absolute Gasteiger partial charge is 0.486 e. The van der Waals surface area contributed by atoms with Crippen LogP contribution in [0.5, 0.6) is 5.75 Å². The fraction of sp³-hybridized carbons (Fsp3) is 0.381. The molecule has 1 fully saturated rings. The van der Waals surface area contributed by atoms with Crippen molar-refractivity contribution in [2.24, 2.45) is 0 Å². The van der Waals surface area contributed by atoms with Crippen molar-refractivity contribution in [2.45, 2.75) is 37.5 Å². The number of benzene rings is 2. The molecule has 2 heterocycles. The van der Waals surface area contributed by atoms with Crippen LogP contribution in [0.3, 0.4) is 0 Å². The molecule has 0 aromatic heterocycles. The summed E-state index contributed by atoms with van der Waals surface area (Å²) in [4.78, 5) is 12.6. The minimum Gasteiger partial charge on any atom is -0.486 e. The summed E-state index contributed by atoms with van der Waals surface area (Å²) in [7, 11) is -3.38. The van der Waals surface area contributed by atoms with Crippen LogP contribution in [0, 0.1) is 6.92 Å². The van der Waals surface area contributed by atoms with E-state index in [9.17, 15) is 13.2 Å². The van der Waals surface area contributed by atoms with Gasteiger partial charge in [-0.3, -0.25) is 4.79 Å². The Labute approximate surface area is 160 Å². The molecule has 0 radical (unpaired) electrons. The molecule has 5 nitrogen and oxygen atoms in total. The molecule has 142 valence electrons. The molecule has 0 unspecified atom stereocenters. The molecule has 6 heteroatoms. The Bertz CT molecular complexity index is 961. The quantitative estimate of drug-likeness (QED) is 0.813. The second-order valence-corrected chi connectivity index (χ2v) is 9.49. The van der Waals surface area contributed by atoms with Crippen LogP contribution in [0.4, 0.5) is 0 Å². The smallest absolute Gasteiger partial charge is 0.218 e. The predicted octanol–water partition coefficient (Wildman–Crippen LogP) is 3.32. The molecular weight excluding hydrogens is 362 g/mol. The van der Waals surface area contributed by atoms with Gasteiger partial charge in [0.05, 0.1) is 17.7 Å². The number of ketones is 1. The van der Waals surface area contributed by atoms with Gasteiger partial charge in [-0.15, -0.1) is 0 Å². The summed E-state index contributed by atoms with van der Waals surface area (Å²) in [5.41, 5.74) is 1.87. The van der Waals surface area contributed by atoms with Gasteiger partial charge in [-0.1, -0.05) is 36.4 Å². The number of hydrogen-bond donors (Lipinski definition) is 0. The van der Waals surface area contributed by atoms with Gasteiger partial charge in [-0.2, -0.15) is 0 Å². The molecule has 27 heavy (non-hydrogen) atoms. The van der Waals surface area contributed by atoms with Gasteiger partial charge >= 0.3 is 0 Å². The van der Waals surface area contributed by atoms with E-state index in [-0.39, 0.29) is 11.5 Å². The monoisotopic (exact) mass is 385 g/mol. The Morgan fingerprint density at radius 2 is 1.78 bits per heavy atom. The van der Waals surface area contributed by atoms with Gasteiger partial charge < -0.3 is 4.74 Å². The molecule has 2 aromatic carbocycles. The lowest BCUT2D eigenvalue weighted by atomic mass is 9.83. The van der Waals surface area contributed by atoms with Gasteiger partial charge in [0.1, 0.15) is 11.4 Å². The molecule has 4 rings (SSSR count). The summed E-state index contributed by atoms with van der Waals surface area (Å²) < 4.78 is 33.3. The molecule has 1 spiro atoms. The van der Waals surface area contributed by atoms with Crippen molar-refractivity contribution >= 4 is 15.8 Å². The molecule has 0 bridgehead atoms. The first kappa shape index (κ1) is 18.2. The van der Waals surface area contributed by atoms with E-state index in [0.29, 0.717) is 43.7 Å². The van der Waals surface area contributed by atoms with E-state index >= 15 is 0 Å². The van der Waals surface area contributed by atoms with Crippen LogP contribution in [-0.2, 0) is 15.8 Å². The zero-order valence-electron chi connectivity index (χ0n) is 15.3. The number of ether oxygens (including phenoxy) is 1. The standard InChI is InChI=1S/C21H23NO4S/c1-16-7-8-18-19(23)14-21(26-20(18)13-16)9-11-22(12-10-21)27(24,25)15-17-5-3-2-4-6-17/h2-8,13H,9-12,14-15H2,1H3. The predicted molar refractivity (Wildman–Crippen MR) is 103 cm³/mol. The molecule has 0 amide bonds. The summed E-state index contributed by atoms with van der Waals surface area (Å²) in [5, 5.41) is 0. The number of fused-ring (bicyclic) bond motifs is 1. The first-order valence-electron chi connectivity index (χ1n) is 9.22. The van der Waals surface area contributed by atoms with Gasteiger partial charge in [-0.05, 0) is 30.2 Å². The summed E-state index contributed by atoms with van der Waals surface area (Å²) in [6.07, 6.45) is 1.37. The van der Waals surface area contributed by atoms with Crippen molar-refractivity contribution in [3.63, 3.8) is 0 Å². The Morgan fingerprint density at radius 1 is 1.07 bits per heavy atom. The zero-order valence-corrected chi connectivity index (χ0v) is 16.2. The molecule has 0 aliphatic carbocycles. The number of carbonyl (C=O) groups is 1. The average molecular weight is 385 g/mol. The van der Waals surface area contributed by atoms with E-state index in [0.717, 1.165) is 11.1 Å². The minimum absolute atomic E-state index is 0.00263. The number of nitrogens with zero attached hydrogens (tertiary/aromatic N) is 1. The molecule has 2 aliphatic heterocycles. The second-order valence-electron chi connectivity index (χ2n) is 7.53. The molecule has 0 saturated carbocycles. The van der Waals surface area contributed by atoms with Crippen LogP contribution in [-0.4, -0.2) is 37.2 Å². The van der Waals surface area contributed by atoms with Crippen LogP contribution in [0.1, 0.15) is 40.7 Å². The van der Waals surface area contributed by atoms with E-state index in [2.05, 4.69) is 0 Å². The highest BCUT2D eigenvalue weighted by Crippen LogP contribution is 2.40. The van der Waals surface area contributed by atoms with E-state index in [1.165, 1.54) is 4.31 Å². The first-order valence-corrected chi connectivity index (χ1v) is 10.8. The number of piperidine rings is 1. The lowest BCUT2D eigenvalue weighted by Crippen LogP contribution is -2.52. The number of rotatable bonds is 3. The van der Waals surface area contributed by atoms with Crippen LogP contribution < -0.4 is 4.74 Å². The van der Waals surface area contributed by atoms with Crippen molar-refractivity contribution in [1.29, 1.82) is 0 Å². The maximum absolute atomic E-state index is 12.8. The van der Waals surface area contributed by atoms with E-state index in [1.807, 2.05) is 55.5 Å². The van der Waals surface area contributed by atoms with Crippen molar-refractivity contribution in [2.75, 3.05) is 13.1 Å². The van der Waals surface area contributed by atoms with E-state index in [4.69, 9.17) is 4.74 Å². The number of Topliss-reactive ketones (excluding diaryl/α,β-unsaturated/α-hetero) is 1. The lowest BCUT2D eigenvalue weighted by Gasteiger charge is -2.43. The third kappa shape index (κ3) is 3.64. The average Bonchev–Trinajstić information content (AvgIpc) is 2.62. The van der Waals surface area contributed by atoms with Gasteiger partial charge in [0.2, 0.25) is 10.0 Å². The molecule has 0 N–H and O–H groups in total. The second kappa shape index (κ2) is 6.77. The van der Waals surface area contributed by atoms with Crippen molar-refractivity contribution in [3.8, 4) is 5.75 Å². The summed E-state index contributed by atoms with van der Waals surface area (Å²) in [6.45, 7) is 2.72. The normalized spacial score (nSPS) is 19.5. The van der Waals surface area contributed by atoms with Gasteiger partial charge in [0.15, 0.2) is 5.78 Å². The number of sulfonamides is 1. The third-order valence-electron chi connectivity index (χ3n) is 5.47. The molecule has 2 aliphatic rings. The van der Waals surface area contributed by atoms with Crippen molar-refractivity contribution in [3.05, 3.63) is 65.2 Å². The molecule has 0 atom stereocenters. The number of aryl methyl sites for hydroxylation is 1. The van der Waals surface area contributed by atoms with Crippen LogP contribution in [0.25, 0.3) is 0 Å². The number of hydrogen-bond acceptors (Lipinski definition) is 4. The van der Waals surface area contributed by atoms with Crippen LogP contribution in [0.15, 0.2) is 48.5 Å². The maximum Gasteiger partial charge on any atom is 0.218 e. The van der Waals surface area contributed by atoms with Gasteiger partial charge in [0, 0.05) is 25.9 Å². The summed E-state index contributed by atoms with van der Waals surface area (Å²) in [6, 6.07) is 14.8. The lowest BCUT2D eigenvalue weighted by molar-refractivity contribution is 0.00586. The van der Waals surface area contributed by atoms with Crippen LogP contribution >= 0.6 is 0 Å². The zero-order chi connectivity index (χ0) is 19.1. The SMILES string of the molecule is Cc1ccc2c(c1)OC1(CCN(S(=O)(=O)Cc3ccccc3)CC1)CC2=O. The van der Waals surface area contributed by atoms with Crippen LogP contribution in [0.2, 0.25) is 0 Å². The Hall–Kier alpha value is -2.18. The minimum atomic E-state index is -3.38. The van der Waals surface area contributed by atoms with Crippen molar-refractivity contribution < 1.29 is 17.9 Å². The molecule has 2 aromatic rings. The maximum atomic E-state index is 12.8. The Kier molecular flexibility index (Phi) is 4.56. The highest BCUT2D eigenvalue weighted by Gasteiger charge is 2.44. The number of carbonyl (C=O) groups excluding carboxylic acids is 1. The fourth-order valence-corrected chi connectivity index (χ4v) is 5.46. The molecule has 1 saturated heterocycles. The third-order valence-corrected chi connectivity index (χ3v) is 7.32.